The first-order valence-corrected chi connectivity index (χ1v) is 4.81. The molecule has 1 unspecified atom stereocenters. The van der Waals surface area contributed by atoms with E-state index in [0.29, 0.717) is 6.42 Å². The van der Waals surface area contributed by atoms with Gasteiger partial charge in [-0.2, -0.15) is 0 Å². The third kappa shape index (κ3) is 2.47. The Morgan fingerprint density at radius 3 is 2.57 bits per heavy atom. The van der Waals surface area contributed by atoms with E-state index in [1.54, 1.807) is 0 Å². The summed E-state index contributed by atoms with van der Waals surface area (Å²) in [7, 11) is 1.85. The Balaban J connectivity index is 2.90. The molecule has 14 heavy (non-hydrogen) atoms. The fraction of sp³-hybridized carbons (Fsp3) is 0.455. The molecule has 0 saturated heterocycles. The molecule has 0 bridgehead atoms. The molecule has 78 valence electrons. The summed E-state index contributed by atoms with van der Waals surface area (Å²) < 4.78 is 0. The van der Waals surface area contributed by atoms with E-state index in [-0.39, 0.29) is 19.1 Å². The lowest BCUT2D eigenvalue weighted by atomic mass is 9.95. The molecule has 0 fully saturated rings. The smallest absolute Gasteiger partial charge is 0.0501 e. The summed E-state index contributed by atoms with van der Waals surface area (Å²) >= 11 is 0. The molecule has 1 aromatic rings. The highest BCUT2D eigenvalue weighted by Crippen LogP contribution is 2.26. The molecule has 0 spiro atoms. The molecule has 0 radical (unpaired) electrons. The van der Waals surface area contributed by atoms with Gasteiger partial charge in [0.2, 0.25) is 0 Å². The molecule has 0 aliphatic heterocycles. The molecule has 0 aliphatic rings. The maximum Gasteiger partial charge on any atom is 0.0501 e. The van der Waals surface area contributed by atoms with Crippen LogP contribution in [0.4, 0.5) is 5.69 Å². The highest BCUT2D eigenvalue weighted by atomic mass is 16.3. The first-order valence-electron chi connectivity index (χ1n) is 4.81. The number of nitrogens with one attached hydrogen (secondary N) is 1. The second-order valence-electron chi connectivity index (χ2n) is 3.23. The van der Waals surface area contributed by atoms with E-state index < -0.39 is 0 Å². The molecule has 0 saturated carbocycles. The van der Waals surface area contributed by atoms with Crippen molar-refractivity contribution in [1.29, 1.82) is 0 Å². The molecule has 1 rings (SSSR count). The maximum atomic E-state index is 9.19. The molecule has 1 aromatic carbocycles. The zero-order valence-corrected chi connectivity index (χ0v) is 8.40. The Morgan fingerprint density at radius 1 is 1.29 bits per heavy atom. The summed E-state index contributed by atoms with van der Waals surface area (Å²) in [6.45, 7) is 0.169. The fourth-order valence-corrected chi connectivity index (χ4v) is 1.58. The first-order chi connectivity index (χ1) is 6.83. The van der Waals surface area contributed by atoms with Crippen LogP contribution in [0.5, 0.6) is 0 Å². The van der Waals surface area contributed by atoms with Crippen molar-refractivity contribution in [2.24, 2.45) is 0 Å². The molecular formula is C11H17NO2. The first kappa shape index (κ1) is 11.0. The molecule has 0 aliphatic carbocycles. The Bertz CT molecular complexity index is 276. The van der Waals surface area contributed by atoms with E-state index in [9.17, 15) is 5.11 Å². The number of rotatable bonds is 5. The summed E-state index contributed by atoms with van der Waals surface area (Å²) in [5, 5.41) is 21.1. The van der Waals surface area contributed by atoms with Gasteiger partial charge < -0.3 is 15.5 Å². The van der Waals surface area contributed by atoms with Crippen molar-refractivity contribution in [3.8, 4) is 0 Å². The van der Waals surface area contributed by atoms with Crippen molar-refractivity contribution in [2.45, 2.75) is 12.3 Å². The predicted octanol–water partition coefficient (Wildman–Crippen LogP) is 1.19. The Morgan fingerprint density at radius 2 is 2.00 bits per heavy atom. The number of anilines is 1. The quantitative estimate of drug-likeness (QED) is 0.661. The normalized spacial score (nSPS) is 12.5. The van der Waals surface area contributed by atoms with Crippen LogP contribution in [0.25, 0.3) is 0 Å². The van der Waals surface area contributed by atoms with Gasteiger partial charge in [0, 0.05) is 25.3 Å². The summed E-state index contributed by atoms with van der Waals surface area (Å²) in [6, 6.07) is 7.83. The van der Waals surface area contributed by atoms with Gasteiger partial charge in [-0.3, -0.25) is 0 Å². The molecule has 0 aromatic heterocycles. The second-order valence-corrected chi connectivity index (χ2v) is 3.23. The van der Waals surface area contributed by atoms with Gasteiger partial charge in [-0.1, -0.05) is 18.2 Å². The summed E-state index contributed by atoms with van der Waals surface area (Å²) in [5.74, 6) is 0.0173. The van der Waals surface area contributed by atoms with Gasteiger partial charge >= 0.3 is 0 Å². The van der Waals surface area contributed by atoms with Gasteiger partial charge in [0.15, 0.2) is 0 Å². The number of hydrogen-bond donors (Lipinski definition) is 3. The van der Waals surface area contributed by atoms with Crippen molar-refractivity contribution in [3.63, 3.8) is 0 Å². The third-order valence-electron chi connectivity index (χ3n) is 2.37. The van der Waals surface area contributed by atoms with Crippen LogP contribution in [0.3, 0.4) is 0 Å². The van der Waals surface area contributed by atoms with Crippen LogP contribution in [-0.2, 0) is 0 Å². The lowest BCUT2D eigenvalue weighted by molar-refractivity contribution is 0.220. The van der Waals surface area contributed by atoms with Crippen molar-refractivity contribution < 1.29 is 10.2 Å². The van der Waals surface area contributed by atoms with Gasteiger partial charge in [-0.05, 0) is 18.1 Å². The van der Waals surface area contributed by atoms with Crippen LogP contribution in [0.1, 0.15) is 17.9 Å². The minimum absolute atomic E-state index is 0.0173. The number of hydrogen-bond acceptors (Lipinski definition) is 3. The molecule has 3 nitrogen and oxygen atoms in total. The van der Waals surface area contributed by atoms with Crippen LogP contribution in [0, 0.1) is 0 Å². The predicted molar refractivity (Wildman–Crippen MR) is 57.5 cm³/mol. The molecule has 0 amide bonds. The minimum Gasteiger partial charge on any atom is -0.396 e. The van der Waals surface area contributed by atoms with E-state index >= 15 is 0 Å². The number of para-hydroxylation sites is 1. The van der Waals surface area contributed by atoms with Gasteiger partial charge in [-0.25, -0.2) is 0 Å². The molecule has 0 heterocycles. The van der Waals surface area contributed by atoms with Crippen LogP contribution in [0.15, 0.2) is 24.3 Å². The SMILES string of the molecule is CNc1ccccc1C(CO)CCO. The van der Waals surface area contributed by atoms with Crippen LogP contribution >= 0.6 is 0 Å². The highest BCUT2D eigenvalue weighted by molar-refractivity contribution is 5.52. The van der Waals surface area contributed by atoms with Crippen molar-refractivity contribution in [3.05, 3.63) is 29.8 Å². The van der Waals surface area contributed by atoms with E-state index in [2.05, 4.69) is 5.32 Å². The van der Waals surface area contributed by atoms with E-state index in [1.165, 1.54) is 0 Å². The van der Waals surface area contributed by atoms with Gasteiger partial charge in [0.1, 0.15) is 0 Å². The average molecular weight is 195 g/mol. The summed E-state index contributed by atoms with van der Waals surface area (Å²) in [6.07, 6.45) is 0.592. The van der Waals surface area contributed by atoms with Crippen LogP contribution in [-0.4, -0.2) is 30.5 Å². The van der Waals surface area contributed by atoms with Crippen LogP contribution < -0.4 is 5.32 Å². The Labute approximate surface area is 84.4 Å². The summed E-state index contributed by atoms with van der Waals surface area (Å²) in [4.78, 5) is 0. The largest absolute Gasteiger partial charge is 0.396 e. The lowest BCUT2D eigenvalue weighted by Gasteiger charge is -2.17. The average Bonchev–Trinajstić information content (AvgIpc) is 2.26. The zero-order chi connectivity index (χ0) is 10.4. The number of benzene rings is 1. The summed E-state index contributed by atoms with van der Waals surface area (Å²) in [5.41, 5.74) is 2.08. The molecule has 1 atom stereocenters. The standard InChI is InChI=1S/C11H17NO2/c1-12-11-5-3-2-4-10(11)9(8-14)6-7-13/h2-5,9,12-14H,6-8H2,1H3. The lowest BCUT2D eigenvalue weighted by Crippen LogP contribution is -2.08. The van der Waals surface area contributed by atoms with Gasteiger partial charge in [0.05, 0.1) is 6.61 Å². The molecule has 3 heteroatoms. The van der Waals surface area contributed by atoms with Crippen molar-refractivity contribution >= 4 is 5.69 Å². The Kier molecular flexibility index (Phi) is 4.43. The Hall–Kier alpha value is -1.06. The van der Waals surface area contributed by atoms with Gasteiger partial charge in [-0.15, -0.1) is 0 Å². The maximum absolute atomic E-state index is 9.19. The third-order valence-corrected chi connectivity index (χ3v) is 2.37. The monoisotopic (exact) mass is 195 g/mol. The van der Waals surface area contributed by atoms with Crippen LogP contribution in [0.2, 0.25) is 0 Å². The van der Waals surface area contributed by atoms with Crippen molar-refractivity contribution in [2.75, 3.05) is 25.6 Å². The van der Waals surface area contributed by atoms with E-state index in [1.807, 2.05) is 31.3 Å². The zero-order valence-electron chi connectivity index (χ0n) is 8.40. The highest BCUT2D eigenvalue weighted by Gasteiger charge is 2.12. The van der Waals surface area contributed by atoms with E-state index in [4.69, 9.17) is 5.11 Å². The molecular weight excluding hydrogens is 178 g/mol. The van der Waals surface area contributed by atoms with Crippen molar-refractivity contribution in [1.82, 2.24) is 0 Å². The van der Waals surface area contributed by atoms with E-state index in [0.717, 1.165) is 11.3 Å². The number of aliphatic hydroxyl groups is 2. The second kappa shape index (κ2) is 5.62. The number of aliphatic hydroxyl groups excluding tert-OH is 2. The minimum atomic E-state index is 0.0173. The molecule has 3 N–H and O–H groups in total. The van der Waals surface area contributed by atoms with Gasteiger partial charge in [0.25, 0.3) is 0 Å². The fourth-order valence-electron chi connectivity index (χ4n) is 1.58. The topological polar surface area (TPSA) is 52.5 Å².